The summed E-state index contributed by atoms with van der Waals surface area (Å²) in [6, 6.07) is 8.05. The van der Waals surface area contributed by atoms with Gasteiger partial charge in [0.1, 0.15) is 0 Å². The summed E-state index contributed by atoms with van der Waals surface area (Å²) in [7, 11) is 0. The molecule has 3 nitrogen and oxygen atoms in total. The third kappa shape index (κ3) is 2.84. The summed E-state index contributed by atoms with van der Waals surface area (Å²) >= 11 is 1.62. The van der Waals surface area contributed by atoms with Crippen LogP contribution in [0.4, 0.5) is 5.13 Å². The van der Waals surface area contributed by atoms with Crippen molar-refractivity contribution in [3.05, 3.63) is 46.0 Å². The van der Waals surface area contributed by atoms with Crippen LogP contribution in [0.15, 0.2) is 24.3 Å². The number of benzene rings is 1. The van der Waals surface area contributed by atoms with Crippen molar-refractivity contribution in [2.24, 2.45) is 0 Å². The van der Waals surface area contributed by atoms with Crippen molar-refractivity contribution < 1.29 is 4.79 Å². The van der Waals surface area contributed by atoms with Gasteiger partial charge < -0.3 is 5.32 Å². The molecule has 0 radical (unpaired) electrons. The molecule has 19 heavy (non-hydrogen) atoms. The molecule has 0 aliphatic heterocycles. The molecule has 0 saturated carbocycles. The maximum atomic E-state index is 11.9. The first-order valence-corrected chi connectivity index (χ1v) is 7.36. The van der Waals surface area contributed by atoms with Crippen LogP contribution in [0.1, 0.15) is 28.1 Å². The van der Waals surface area contributed by atoms with Gasteiger partial charge in [0.2, 0.25) is 5.91 Å². The first kappa shape index (κ1) is 12.4. The van der Waals surface area contributed by atoms with Crippen molar-refractivity contribution in [1.29, 1.82) is 0 Å². The van der Waals surface area contributed by atoms with Crippen LogP contribution in [0.2, 0.25) is 0 Å². The Morgan fingerprint density at radius 3 is 2.84 bits per heavy atom. The lowest BCUT2D eigenvalue weighted by molar-refractivity contribution is -0.115. The van der Waals surface area contributed by atoms with E-state index in [9.17, 15) is 4.79 Å². The van der Waals surface area contributed by atoms with E-state index in [1.165, 1.54) is 22.6 Å². The summed E-state index contributed by atoms with van der Waals surface area (Å²) in [6.45, 7) is 2.04. The van der Waals surface area contributed by atoms with Crippen LogP contribution >= 0.6 is 11.3 Å². The van der Waals surface area contributed by atoms with Gasteiger partial charge in [0, 0.05) is 4.88 Å². The minimum absolute atomic E-state index is 0.0104. The Hall–Kier alpha value is -1.68. The monoisotopic (exact) mass is 272 g/mol. The fraction of sp³-hybridized carbons (Fsp3) is 0.333. The second kappa shape index (κ2) is 5.13. The summed E-state index contributed by atoms with van der Waals surface area (Å²) in [6.07, 6.45) is 3.77. The number of aromatic nitrogens is 1. The highest BCUT2D eigenvalue weighted by Gasteiger charge is 2.17. The molecule has 1 aromatic heterocycles. The predicted molar refractivity (Wildman–Crippen MR) is 77.7 cm³/mol. The molecule has 4 heteroatoms. The number of amides is 1. The predicted octanol–water partition coefficient (Wildman–Crippen LogP) is 3.12. The number of aryl methyl sites for hydroxylation is 3. The summed E-state index contributed by atoms with van der Waals surface area (Å²) in [4.78, 5) is 17.8. The zero-order valence-electron chi connectivity index (χ0n) is 10.9. The third-order valence-electron chi connectivity index (χ3n) is 3.33. The van der Waals surface area contributed by atoms with E-state index < -0.39 is 0 Å². The molecule has 1 aromatic carbocycles. The van der Waals surface area contributed by atoms with Gasteiger partial charge in [0.05, 0.1) is 12.1 Å². The van der Waals surface area contributed by atoms with Crippen molar-refractivity contribution in [3.8, 4) is 0 Å². The van der Waals surface area contributed by atoms with Gasteiger partial charge in [-0.15, -0.1) is 11.3 Å². The number of hydrogen-bond donors (Lipinski definition) is 1. The molecule has 1 amide bonds. The van der Waals surface area contributed by atoms with E-state index >= 15 is 0 Å². The molecule has 2 aromatic rings. The van der Waals surface area contributed by atoms with Crippen molar-refractivity contribution in [2.45, 2.75) is 32.6 Å². The first-order valence-electron chi connectivity index (χ1n) is 6.55. The normalized spacial score (nSPS) is 13.3. The molecule has 0 saturated heterocycles. The van der Waals surface area contributed by atoms with E-state index in [0.29, 0.717) is 6.42 Å². The number of carbonyl (C=O) groups is 1. The molecule has 1 aliphatic carbocycles. The minimum atomic E-state index is 0.0104. The Labute approximate surface area is 116 Å². The standard InChI is InChI=1S/C15H16N2OS/c1-10-5-7-11(8-6-10)9-14(18)17-15-16-12-3-2-4-13(12)19-15/h5-8H,2-4,9H2,1H3,(H,16,17,18). The fourth-order valence-corrected chi connectivity index (χ4v) is 3.36. The van der Waals surface area contributed by atoms with E-state index in [1.807, 2.05) is 31.2 Å². The van der Waals surface area contributed by atoms with Crippen LogP contribution in [0.25, 0.3) is 0 Å². The molecule has 0 unspecified atom stereocenters. The van der Waals surface area contributed by atoms with E-state index in [-0.39, 0.29) is 5.91 Å². The Morgan fingerprint density at radius 1 is 1.32 bits per heavy atom. The summed E-state index contributed by atoms with van der Waals surface area (Å²) in [5.41, 5.74) is 3.42. The van der Waals surface area contributed by atoms with Crippen molar-refractivity contribution >= 4 is 22.4 Å². The maximum Gasteiger partial charge on any atom is 0.230 e. The van der Waals surface area contributed by atoms with Crippen LogP contribution in [-0.4, -0.2) is 10.9 Å². The number of nitrogens with zero attached hydrogens (tertiary/aromatic N) is 1. The van der Waals surface area contributed by atoms with Gasteiger partial charge in [0.25, 0.3) is 0 Å². The lowest BCUT2D eigenvalue weighted by Crippen LogP contribution is -2.14. The van der Waals surface area contributed by atoms with Gasteiger partial charge in [-0.3, -0.25) is 4.79 Å². The maximum absolute atomic E-state index is 11.9. The van der Waals surface area contributed by atoms with Gasteiger partial charge in [-0.2, -0.15) is 0 Å². The minimum Gasteiger partial charge on any atom is -0.302 e. The summed E-state index contributed by atoms with van der Waals surface area (Å²) in [5.74, 6) is 0.0104. The summed E-state index contributed by atoms with van der Waals surface area (Å²) < 4.78 is 0. The number of hydrogen-bond acceptors (Lipinski definition) is 3. The molecule has 0 fully saturated rings. The van der Waals surface area contributed by atoms with Crippen LogP contribution in [0.5, 0.6) is 0 Å². The number of anilines is 1. The first-order chi connectivity index (χ1) is 9.20. The van der Waals surface area contributed by atoms with Gasteiger partial charge in [-0.05, 0) is 31.7 Å². The fourth-order valence-electron chi connectivity index (χ4n) is 2.30. The molecule has 98 valence electrons. The van der Waals surface area contributed by atoms with Crippen molar-refractivity contribution in [3.63, 3.8) is 0 Å². The van der Waals surface area contributed by atoms with Crippen LogP contribution in [0.3, 0.4) is 0 Å². The average molecular weight is 272 g/mol. The molecule has 0 atom stereocenters. The van der Waals surface area contributed by atoms with Crippen LogP contribution in [-0.2, 0) is 24.1 Å². The van der Waals surface area contributed by atoms with Crippen LogP contribution < -0.4 is 5.32 Å². The highest BCUT2D eigenvalue weighted by atomic mass is 32.1. The third-order valence-corrected chi connectivity index (χ3v) is 4.40. The molecule has 1 aliphatic rings. The van der Waals surface area contributed by atoms with Gasteiger partial charge in [0.15, 0.2) is 5.13 Å². The zero-order valence-corrected chi connectivity index (χ0v) is 11.7. The highest BCUT2D eigenvalue weighted by Crippen LogP contribution is 2.30. The molecular weight excluding hydrogens is 256 g/mol. The smallest absolute Gasteiger partial charge is 0.230 e. The Morgan fingerprint density at radius 2 is 2.11 bits per heavy atom. The SMILES string of the molecule is Cc1ccc(CC(=O)Nc2nc3c(s2)CCC3)cc1. The quantitative estimate of drug-likeness (QED) is 0.932. The van der Waals surface area contributed by atoms with Crippen molar-refractivity contribution in [2.75, 3.05) is 5.32 Å². The number of carbonyl (C=O) groups excluding carboxylic acids is 1. The van der Waals surface area contributed by atoms with E-state index in [4.69, 9.17) is 0 Å². The van der Waals surface area contributed by atoms with E-state index in [2.05, 4.69) is 10.3 Å². The molecule has 3 rings (SSSR count). The van der Waals surface area contributed by atoms with E-state index in [1.54, 1.807) is 11.3 Å². The molecule has 1 N–H and O–H groups in total. The van der Waals surface area contributed by atoms with Gasteiger partial charge in [-0.25, -0.2) is 4.98 Å². The van der Waals surface area contributed by atoms with E-state index in [0.717, 1.165) is 23.5 Å². The van der Waals surface area contributed by atoms with Crippen molar-refractivity contribution in [1.82, 2.24) is 4.98 Å². The summed E-state index contributed by atoms with van der Waals surface area (Å²) in [5, 5.41) is 3.65. The Kier molecular flexibility index (Phi) is 3.34. The Balaban J connectivity index is 1.63. The number of fused-ring (bicyclic) bond motifs is 1. The number of rotatable bonds is 3. The van der Waals surface area contributed by atoms with Gasteiger partial charge >= 0.3 is 0 Å². The highest BCUT2D eigenvalue weighted by molar-refractivity contribution is 7.15. The lowest BCUT2D eigenvalue weighted by Gasteiger charge is -2.02. The number of nitrogens with one attached hydrogen (secondary N) is 1. The Bertz CT molecular complexity index is 580. The zero-order chi connectivity index (χ0) is 13.2. The van der Waals surface area contributed by atoms with Gasteiger partial charge in [-0.1, -0.05) is 29.8 Å². The second-order valence-electron chi connectivity index (χ2n) is 4.95. The molecule has 1 heterocycles. The second-order valence-corrected chi connectivity index (χ2v) is 6.04. The molecule has 0 bridgehead atoms. The molecule has 0 spiro atoms. The average Bonchev–Trinajstić information content (AvgIpc) is 2.92. The largest absolute Gasteiger partial charge is 0.302 e. The molecular formula is C15H16N2OS. The topological polar surface area (TPSA) is 42.0 Å². The van der Waals surface area contributed by atoms with Crippen LogP contribution in [0, 0.1) is 6.92 Å². The number of thiazole rings is 1. The lowest BCUT2D eigenvalue weighted by atomic mass is 10.1.